The molecule has 2 aliphatic heterocycles. The van der Waals surface area contributed by atoms with E-state index in [-0.39, 0.29) is 11.1 Å². The minimum atomic E-state index is -0.0735. The molecule has 2 fully saturated rings. The van der Waals surface area contributed by atoms with Crippen molar-refractivity contribution in [2.75, 3.05) is 62.2 Å². The van der Waals surface area contributed by atoms with Gasteiger partial charge in [0.25, 0.3) is 11.1 Å². The molecule has 10 rings (SSSR count). The molecule has 0 bridgehead atoms. The van der Waals surface area contributed by atoms with E-state index < -0.39 is 0 Å². The molecule has 2 saturated heterocycles. The van der Waals surface area contributed by atoms with Crippen LogP contribution in [0.25, 0.3) is 45.1 Å². The predicted octanol–water partition coefficient (Wildman–Crippen LogP) is 4.02. The van der Waals surface area contributed by atoms with E-state index in [1.165, 1.54) is 0 Å². The zero-order chi connectivity index (χ0) is 38.3. The quantitative estimate of drug-likeness (QED) is 0.266. The summed E-state index contributed by atoms with van der Waals surface area (Å²) in [5, 5.41) is 6.70. The maximum Gasteiger partial charge on any atom is 0.258 e. The second kappa shape index (κ2) is 14.7. The van der Waals surface area contributed by atoms with Crippen molar-refractivity contribution in [1.82, 2.24) is 48.2 Å². The monoisotopic (exact) mass is 748 g/mol. The first-order chi connectivity index (χ1) is 27.3. The molecule has 2 N–H and O–H groups in total. The number of nitrogens with zero attached hydrogens (tertiary/aromatic N) is 10. The average molecular weight is 749 g/mol. The molecule has 14 nitrogen and oxygen atoms in total. The lowest BCUT2D eigenvalue weighted by Crippen LogP contribution is -2.43. The fourth-order valence-electron chi connectivity index (χ4n) is 7.50. The maximum absolute atomic E-state index is 12.8. The topological polar surface area (TPSA) is 134 Å². The van der Waals surface area contributed by atoms with E-state index in [4.69, 9.17) is 9.97 Å². The largest absolute Gasteiger partial charge is 0.368 e. The van der Waals surface area contributed by atoms with Crippen molar-refractivity contribution in [3.05, 3.63) is 129 Å². The van der Waals surface area contributed by atoms with E-state index in [1.54, 1.807) is 20.9 Å². The van der Waals surface area contributed by atoms with Crippen LogP contribution in [0.5, 0.6) is 0 Å². The summed E-state index contributed by atoms with van der Waals surface area (Å²) in [6.45, 7) is 13.7. The number of aryl methyl sites for hydroxylation is 3. The molecule has 2 aliphatic rings. The Balaban J connectivity index is 0.000000146. The van der Waals surface area contributed by atoms with E-state index in [9.17, 15) is 9.59 Å². The summed E-state index contributed by atoms with van der Waals surface area (Å²) in [6.07, 6.45) is 10.7. The number of aromatic nitrogens is 8. The average Bonchev–Trinajstić information content (AvgIpc) is 3.79. The number of nitrogens with one attached hydrogen (secondary N) is 2. The lowest BCUT2D eigenvalue weighted by atomic mass is 10.2. The molecule has 0 atom stereocenters. The van der Waals surface area contributed by atoms with Gasteiger partial charge in [-0.05, 0) is 68.8 Å². The molecule has 284 valence electrons. The number of fused-ring (bicyclic) bond motifs is 4. The highest BCUT2D eigenvalue weighted by molar-refractivity contribution is 5.66. The molecular formula is C42H44N12O2. The van der Waals surface area contributed by atoms with Crippen LogP contribution in [0.2, 0.25) is 0 Å². The first-order valence-corrected chi connectivity index (χ1v) is 19.2. The van der Waals surface area contributed by atoms with Gasteiger partial charge in [-0.2, -0.15) is 0 Å². The zero-order valence-electron chi connectivity index (χ0n) is 31.8. The SMILES string of the molecule is CCc1cn2cc(-c3cc(=O)n4cc(N5CCNCC5)ccc4n3)ccc2n1.Cc1nc2ccc(-c3cc(=O)n4cc(N5CCNCC5)ccc4n3)cn2c1C. The van der Waals surface area contributed by atoms with Gasteiger partial charge >= 0.3 is 0 Å². The van der Waals surface area contributed by atoms with E-state index in [0.717, 1.165) is 110 Å². The number of piperazine rings is 2. The van der Waals surface area contributed by atoms with Crippen LogP contribution in [-0.4, -0.2) is 89.9 Å². The molecule has 0 unspecified atom stereocenters. The molecular weight excluding hydrogens is 705 g/mol. The van der Waals surface area contributed by atoms with Crippen molar-refractivity contribution in [3.63, 3.8) is 0 Å². The number of hydrogen-bond donors (Lipinski definition) is 2. The Kier molecular flexibility index (Phi) is 9.27. The van der Waals surface area contributed by atoms with Gasteiger partial charge in [-0.15, -0.1) is 0 Å². The highest BCUT2D eigenvalue weighted by Gasteiger charge is 2.15. The predicted molar refractivity (Wildman–Crippen MR) is 220 cm³/mol. The lowest BCUT2D eigenvalue weighted by molar-refractivity contribution is 0.588. The van der Waals surface area contributed by atoms with E-state index in [2.05, 4.69) is 37.3 Å². The van der Waals surface area contributed by atoms with Gasteiger partial charge in [-0.25, -0.2) is 19.9 Å². The second-order valence-electron chi connectivity index (χ2n) is 14.4. The van der Waals surface area contributed by atoms with Crippen molar-refractivity contribution >= 4 is 34.0 Å². The molecule has 56 heavy (non-hydrogen) atoms. The third kappa shape index (κ3) is 6.77. The summed E-state index contributed by atoms with van der Waals surface area (Å²) in [4.78, 5) is 48.7. The highest BCUT2D eigenvalue weighted by atomic mass is 16.1. The van der Waals surface area contributed by atoms with Gasteiger partial charge in [0.05, 0.1) is 34.2 Å². The van der Waals surface area contributed by atoms with Gasteiger partial charge in [-0.1, -0.05) is 6.92 Å². The van der Waals surface area contributed by atoms with Gasteiger partial charge in [0, 0.05) is 112 Å². The van der Waals surface area contributed by atoms with Crippen molar-refractivity contribution in [3.8, 4) is 22.5 Å². The van der Waals surface area contributed by atoms with Crippen molar-refractivity contribution < 1.29 is 0 Å². The number of hydrogen-bond acceptors (Lipinski definition) is 10. The van der Waals surface area contributed by atoms with Crippen molar-refractivity contribution in [2.45, 2.75) is 27.2 Å². The van der Waals surface area contributed by atoms with Crippen molar-refractivity contribution in [1.29, 1.82) is 0 Å². The molecule has 8 aromatic rings. The van der Waals surface area contributed by atoms with Gasteiger partial charge < -0.3 is 29.2 Å². The molecule has 0 aliphatic carbocycles. The molecule has 8 aromatic heterocycles. The maximum atomic E-state index is 12.8. The molecule has 0 aromatic carbocycles. The van der Waals surface area contributed by atoms with Crippen LogP contribution in [0.1, 0.15) is 24.0 Å². The van der Waals surface area contributed by atoms with E-state index >= 15 is 0 Å². The van der Waals surface area contributed by atoms with Crippen LogP contribution < -0.4 is 31.6 Å². The lowest BCUT2D eigenvalue weighted by Gasteiger charge is -2.29. The number of anilines is 2. The summed E-state index contributed by atoms with van der Waals surface area (Å²) in [6, 6.07) is 19.0. The van der Waals surface area contributed by atoms with Gasteiger partial charge in [0.15, 0.2) is 0 Å². The Bertz CT molecular complexity index is 2860. The standard InChI is InChI=1S/2C21H22N6O/c1-14-15(2)26-12-16(3-5-19(26)23-14)18-11-21(28)27-13-17(4-6-20(27)24-18)25-9-7-22-8-10-25;1-2-16-13-26-12-15(3-5-19(26)23-16)18-11-21(28)27-14-17(4-6-20(27)24-18)25-9-7-22-8-10-25/h3-6,11-13,22H,7-10H2,1-2H3;3-6,11-14,22H,2,7-10H2,1H3. The van der Waals surface area contributed by atoms with Crippen LogP contribution in [0.3, 0.4) is 0 Å². The van der Waals surface area contributed by atoms with Crippen LogP contribution in [-0.2, 0) is 6.42 Å². The Hall–Kier alpha value is -6.38. The van der Waals surface area contributed by atoms with E-state index in [0.29, 0.717) is 22.7 Å². The van der Waals surface area contributed by atoms with Gasteiger partial charge in [0.2, 0.25) is 0 Å². The first kappa shape index (κ1) is 35.3. The number of rotatable bonds is 5. The summed E-state index contributed by atoms with van der Waals surface area (Å²) in [7, 11) is 0. The fourth-order valence-corrected chi connectivity index (χ4v) is 7.50. The fraction of sp³-hybridized carbons (Fsp3) is 0.286. The second-order valence-corrected chi connectivity index (χ2v) is 14.4. The molecule has 0 spiro atoms. The molecule has 0 amide bonds. The molecule has 14 heteroatoms. The molecule has 0 saturated carbocycles. The Morgan fingerprint density at radius 1 is 0.554 bits per heavy atom. The normalized spacial score (nSPS) is 14.8. The summed E-state index contributed by atoms with van der Waals surface area (Å²) in [5.74, 6) is 0. The highest BCUT2D eigenvalue weighted by Crippen LogP contribution is 2.23. The third-order valence-corrected chi connectivity index (χ3v) is 10.8. The zero-order valence-corrected chi connectivity index (χ0v) is 31.8. The number of imidazole rings is 2. The van der Waals surface area contributed by atoms with Gasteiger partial charge in [0.1, 0.15) is 22.6 Å². The summed E-state index contributed by atoms with van der Waals surface area (Å²) >= 11 is 0. The van der Waals surface area contributed by atoms with E-state index in [1.807, 2.05) is 102 Å². The molecule has 0 radical (unpaired) electrons. The van der Waals surface area contributed by atoms with Gasteiger partial charge in [-0.3, -0.25) is 18.4 Å². The van der Waals surface area contributed by atoms with Crippen LogP contribution in [0.4, 0.5) is 11.4 Å². The van der Waals surface area contributed by atoms with Crippen LogP contribution >= 0.6 is 0 Å². The first-order valence-electron chi connectivity index (χ1n) is 19.2. The van der Waals surface area contributed by atoms with Crippen LogP contribution in [0, 0.1) is 13.8 Å². The Morgan fingerprint density at radius 3 is 1.61 bits per heavy atom. The smallest absolute Gasteiger partial charge is 0.258 e. The van der Waals surface area contributed by atoms with Crippen LogP contribution in [0.15, 0.2) is 101 Å². The van der Waals surface area contributed by atoms with Crippen molar-refractivity contribution in [2.24, 2.45) is 0 Å². The third-order valence-electron chi connectivity index (χ3n) is 10.8. The summed E-state index contributed by atoms with van der Waals surface area (Å²) < 4.78 is 7.30. The Morgan fingerprint density at radius 2 is 1.05 bits per heavy atom. The minimum Gasteiger partial charge on any atom is -0.368 e. The Labute approximate surface area is 322 Å². The summed E-state index contributed by atoms with van der Waals surface area (Å²) in [5.41, 5.74) is 11.4. The minimum absolute atomic E-state index is 0.0723. The number of pyridine rings is 4. The molecule has 10 heterocycles.